The van der Waals surface area contributed by atoms with E-state index in [0.717, 1.165) is 16.3 Å². The summed E-state index contributed by atoms with van der Waals surface area (Å²) in [5, 5.41) is 22.6. The maximum atomic E-state index is 11.1. The predicted molar refractivity (Wildman–Crippen MR) is 76.0 cm³/mol. The average Bonchev–Trinajstić information content (AvgIpc) is 2.37. The first-order chi connectivity index (χ1) is 9.47. The van der Waals surface area contributed by atoms with Crippen LogP contribution in [-0.2, 0) is 9.59 Å². The fourth-order valence-electron chi connectivity index (χ4n) is 2.16. The van der Waals surface area contributed by atoms with E-state index in [4.69, 9.17) is 10.2 Å². The van der Waals surface area contributed by atoms with Crippen LogP contribution < -0.4 is 5.32 Å². The van der Waals surface area contributed by atoms with Gasteiger partial charge < -0.3 is 15.5 Å². The second-order valence-electron chi connectivity index (χ2n) is 4.65. The number of aliphatic carboxylic acids is 2. The number of hydrogen-bond acceptors (Lipinski definition) is 3. The Labute approximate surface area is 115 Å². The van der Waals surface area contributed by atoms with Crippen LogP contribution in [0, 0.1) is 6.92 Å². The Morgan fingerprint density at radius 2 is 1.90 bits per heavy atom. The minimum absolute atomic E-state index is 0.471. The highest BCUT2D eigenvalue weighted by atomic mass is 16.4. The molecule has 104 valence electrons. The minimum Gasteiger partial charge on any atom is -0.481 e. The second-order valence-corrected chi connectivity index (χ2v) is 4.65. The van der Waals surface area contributed by atoms with Gasteiger partial charge >= 0.3 is 11.9 Å². The van der Waals surface area contributed by atoms with E-state index in [0.29, 0.717) is 5.69 Å². The van der Waals surface area contributed by atoms with Gasteiger partial charge in [0.25, 0.3) is 0 Å². The lowest BCUT2D eigenvalue weighted by Crippen LogP contribution is -2.31. The van der Waals surface area contributed by atoms with Crippen LogP contribution in [0.4, 0.5) is 5.69 Å². The molecule has 5 nitrogen and oxygen atoms in total. The van der Waals surface area contributed by atoms with Crippen LogP contribution >= 0.6 is 0 Å². The highest BCUT2D eigenvalue weighted by molar-refractivity contribution is 5.90. The smallest absolute Gasteiger partial charge is 0.326 e. The summed E-state index contributed by atoms with van der Waals surface area (Å²) in [6.45, 7) is 1.93. The summed E-state index contributed by atoms with van der Waals surface area (Å²) in [4.78, 5) is 21.7. The molecule has 0 unspecified atom stereocenters. The third-order valence-electron chi connectivity index (χ3n) is 3.09. The first kappa shape index (κ1) is 13.9. The number of carboxylic acid groups (broad SMARTS) is 2. The van der Waals surface area contributed by atoms with E-state index < -0.39 is 24.4 Å². The van der Waals surface area contributed by atoms with Gasteiger partial charge in [-0.05, 0) is 35.4 Å². The zero-order chi connectivity index (χ0) is 14.7. The molecule has 2 aromatic carbocycles. The molecule has 0 aromatic heterocycles. The van der Waals surface area contributed by atoms with Crippen molar-refractivity contribution in [2.45, 2.75) is 19.4 Å². The number of rotatable bonds is 5. The van der Waals surface area contributed by atoms with Crippen molar-refractivity contribution < 1.29 is 19.8 Å². The molecule has 3 N–H and O–H groups in total. The summed E-state index contributed by atoms with van der Waals surface area (Å²) in [6, 6.07) is 10.2. The Kier molecular flexibility index (Phi) is 3.89. The van der Waals surface area contributed by atoms with Gasteiger partial charge in [-0.3, -0.25) is 4.79 Å². The number of benzene rings is 2. The second kappa shape index (κ2) is 5.61. The van der Waals surface area contributed by atoms with Crippen LogP contribution in [0.2, 0.25) is 0 Å². The molecule has 2 rings (SSSR count). The highest BCUT2D eigenvalue weighted by Crippen LogP contribution is 2.24. The van der Waals surface area contributed by atoms with Crippen LogP contribution in [0.15, 0.2) is 36.4 Å². The van der Waals surface area contributed by atoms with Crippen molar-refractivity contribution in [1.29, 1.82) is 0 Å². The van der Waals surface area contributed by atoms with Crippen molar-refractivity contribution in [2.75, 3.05) is 5.32 Å². The van der Waals surface area contributed by atoms with Crippen LogP contribution in [-0.4, -0.2) is 28.2 Å². The van der Waals surface area contributed by atoms with Gasteiger partial charge in [0.1, 0.15) is 6.04 Å². The largest absolute Gasteiger partial charge is 0.481 e. The molecule has 2 aromatic rings. The molecule has 20 heavy (non-hydrogen) atoms. The number of anilines is 1. The third-order valence-corrected chi connectivity index (χ3v) is 3.09. The van der Waals surface area contributed by atoms with Gasteiger partial charge in [-0.1, -0.05) is 24.3 Å². The Bertz CT molecular complexity index is 666. The van der Waals surface area contributed by atoms with Crippen LogP contribution in [0.25, 0.3) is 10.8 Å². The molecule has 0 amide bonds. The van der Waals surface area contributed by atoms with E-state index in [1.54, 1.807) is 0 Å². The molecule has 0 saturated heterocycles. The van der Waals surface area contributed by atoms with E-state index >= 15 is 0 Å². The lowest BCUT2D eigenvalue weighted by atomic mass is 10.0. The van der Waals surface area contributed by atoms with Crippen molar-refractivity contribution in [3.8, 4) is 0 Å². The number of carbonyl (C=O) groups is 2. The molecule has 0 radical (unpaired) electrons. The van der Waals surface area contributed by atoms with Gasteiger partial charge in [0.2, 0.25) is 0 Å². The van der Waals surface area contributed by atoms with Gasteiger partial charge in [-0.2, -0.15) is 0 Å². The van der Waals surface area contributed by atoms with Crippen molar-refractivity contribution >= 4 is 28.4 Å². The number of fused-ring (bicyclic) bond motifs is 1. The standard InChI is InChI=1S/C15H15NO4/c1-9-6-11(7-10-4-2-3-5-12(9)10)16-13(15(19)20)8-14(17)18/h2-7,13,16H,8H2,1H3,(H,17,18)(H,19,20)/t13-/m0/s1. The molecule has 0 aliphatic carbocycles. The monoisotopic (exact) mass is 273 g/mol. The van der Waals surface area contributed by atoms with E-state index in [1.807, 2.05) is 43.3 Å². The van der Waals surface area contributed by atoms with Crippen molar-refractivity contribution in [1.82, 2.24) is 0 Å². The summed E-state index contributed by atoms with van der Waals surface area (Å²) in [5.41, 5.74) is 1.61. The molecule has 1 atom stereocenters. The number of hydrogen-bond donors (Lipinski definition) is 3. The quantitative estimate of drug-likeness (QED) is 0.779. The van der Waals surface area contributed by atoms with Gasteiger partial charge in [-0.15, -0.1) is 0 Å². The fraction of sp³-hybridized carbons (Fsp3) is 0.200. The summed E-state index contributed by atoms with van der Waals surface area (Å²) >= 11 is 0. The van der Waals surface area contributed by atoms with Crippen LogP contribution in [0.5, 0.6) is 0 Å². The van der Waals surface area contributed by atoms with E-state index in [9.17, 15) is 9.59 Å². The van der Waals surface area contributed by atoms with Gasteiger partial charge in [0, 0.05) is 5.69 Å². The number of nitrogens with one attached hydrogen (secondary N) is 1. The summed E-state index contributed by atoms with van der Waals surface area (Å²) in [7, 11) is 0. The summed E-state index contributed by atoms with van der Waals surface area (Å²) in [6.07, 6.45) is -0.471. The molecular weight excluding hydrogens is 258 g/mol. The first-order valence-corrected chi connectivity index (χ1v) is 6.18. The Balaban J connectivity index is 2.32. The molecule has 0 aliphatic heterocycles. The Hall–Kier alpha value is -2.56. The first-order valence-electron chi connectivity index (χ1n) is 6.18. The molecule has 0 fully saturated rings. The normalized spacial score (nSPS) is 12.1. The summed E-state index contributed by atoms with van der Waals surface area (Å²) < 4.78 is 0. The highest BCUT2D eigenvalue weighted by Gasteiger charge is 2.20. The Morgan fingerprint density at radius 3 is 2.55 bits per heavy atom. The minimum atomic E-state index is -1.18. The Morgan fingerprint density at radius 1 is 1.20 bits per heavy atom. The summed E-state index contributed by atoms with van der Waals surface area (Å²) in [5.74, 6) is -2.33. The average molecular weight is 273 g/mol. The predicted octanol–water partition coefficient (Wildman–Crippen LogP) is 2.49. The van der Waals surface area contributed by atoms with E-state index in [-0.39, 0.29) is 0 Å². The molecular formula is C15H15NO4. The molecule has 0 saturated carbocycles. The SMILES string of the molecule is Cc1cc(N[C@@H](CC(=O)O)C(=O)O)cc2ccccc12. The van der Waals surface area contributed by atoms with Crippen molar-refractivity contribution in [3.63, 3.8) is 0 Å². The van der Waals surface area contributed by atoms with Crippen LogP contribution in [0.3, 0.4) is 0 Å². The molecule has 0 spiro atoms. The van der Waals surface area contributed by atoms with Crippen molar-refractivity contribution in [2.24, 2.45) is 0 Å². The lowest BCUT2D eigenvalue weighted by molar-refractivity contribution is -0.144. The van der Waals surface area contributed by atoms with E-state index in [1.165, 1.54) is 0 Å². The fourth-order valence-corrected chi connectivity index (χ4v) is 2.16. The number of aryl methyl sites for hydroxylation is 1. The molecule has 0 aliphatic rings. The molecule has 0 bridgehead atoms. The maximum absolute atomic E-state index is 11.1. The van der Waals surface area contributed by atoms with E-state index in [2.05, 4.69) is 5.32 Å². The maximum Gasteiger partial charge on any atom is 0.326 e. The van der Waals surface area contributed by atoms with Gasteiger partial charge in [-0.25, -0.2) is 4.79 Å². The van der Waals surface area contributed by atoms with Crippen LogP contribution in [0.1, 0.15) is 12.0 Å². The molecule has 0 heterocycles. The van der Waals surface area contributed by atoms with Gasteiger partial charge in [0.05, 0.1) is 6.42 Å². The topological polar surface area (TPSA) is 86.6 Å². The molecule has 5 heteroatoms. The zero-order valence-electron chi connectivity index (χ0n) is 11.0. The zero-order valence-corrected chi connectivity index (χ0v) is 11.0. The third kappa shape index (κ3) is 3.06. The number of carboxylic acids is 2. The van der Waals surface area contributed by atoms with Crippen molar-refractivity contribution in [3.05, 3.63) is 42.0 Å². The lowest BCUT2D eigenvalue weighted by Gasteiger charge is -2.15. The van der Waals surface area contributed by atoms with Gasteiger partial charge in [0.15, 0.2) is 0 Å².